The van der Waals surface area contributed by atoms with Crippen molar-refractivity contribution in [2.45, 2.75) is 56.0 Å². The van der Waals surface area contributed by atoms with Crippen LogP contribution in [0.3, 0.4) is 0 Å². The topological polar surface area (TPSA) is 38.7 Å². The molecule has 0 aromatic heterocycles. The minimum Gasteiger partial charge on any atom is -0.368 e. The Morgan fingerprint density at radius 1 is 0.680 bits per heavy atom. The predicted molar refractivity (Wildman–Crippen MR) is 49.3 cm³/mol. The molecule has 0 radical (unpaired) electrons. The van der Waals surface area contributed by atoms with E-state index in [-0.39, 0.29) is 0 Å². The standard InChI is InChI=1S/C9H7F13O3/c1-2-3(23)24-7(17,18)5(12,13)9(21,22)25-8(19,20)4(10,11)6(14,15)16/h3,23H,2H2,1H3. The van der Waals surface area contributed by atoms with Crippen LogP contribution in [0.15, 0.2) is 0 Å². The Labute approximate surface area is 129 Å². The molecule has 0 saturated heterocycles. The van der Waals surface area contributed by atoms with E-state index in [0.717, 1.165) is 6.92 Å². The maximum absolute atomic E-state index is 13.0. The first kappa shape index (κ1) is 24.0. The Morgan fingerprint density at radius 2 is 1.04 bits per heavy atom. The molecular weight excluding hydrogens is 403 g/mol. The van der Waals surface area contributed by atoms with Crippen molar-refractivity contribution in [3.8, 4) is 0 Å². The number of aliphatic hydroxyl groups is 1. The number of hydrogen-bond acceptors (Lipinski definition) is 3. The van der Waals surface area contributed by atoms with Gasteiger partial charge in [0.05, 0.1) is 0 Å². The molecular formula is C9H7F13O3. The van der Waals surface area contributed by atoms with Gasteiger partial charge in [-0.1, -0.05) is 6.92 Å². The summed E-state index contributed by atoms with van der Waals surface area (Å²) in [5, 5.41) is 8.55. The van der Waals surface area contributed by atoms with Crippen LogP contribution < -0.4 is 0 Å². The number of ether oxygens (including phenoxy) is 2. The van der Waals surface area contributed by atoms with E-state index in [2.05, 4.69) is 4.74 Å². The summed E-state index contributed by atoms with van der Waals surface area (Å²) in [5.41, 5.74) is 0. The molecule has 1 unspecified atom stereocenters. The summed E-state index contributed by atoms with van der Waals surface area (Å²) < 4.78 is 167. The SMILES string of the molecule is CCC(O)OC(F)(F)C(F)(F)C(F)(F)OC(F)(F)C(F)(F)C(F)(F)F. The van der Waals surface area contributed by atoms with Gasteiger partial charge in [0, 0.05) is 0 Å². The van der Waals surface area contributed by atoms with Crippen molar-refractivity contribution in [2.24, 2.45) is 0 Å². The minimum absolute atomic E-state index is 0.811. The molecule has 0 saturated carbocycles. The van der Waals surface area contributed by atoms with Gasteiger partial charge in [-0.2, -0.15) is 57.1 Å². The first-order valence-corrected chi connectivity index (χ1v) is 5.68. The molecule has 16 heteroatoms. The van der Waals surface area contributed by atoms with Crippen molar-refractivity contribution in [1.82, 2.24) is 0 Å². The quantitative estimate of drug-likeness (QED) is 0.478. The van der Waals surface area contributed by atoms with Gasteiger partial charge in [-0.25, -0.2) is 4.74 Å². The summed E-state index contributed by atoms with van der Waals surface area (Å²) in [6.45, 7) is 0.811. The molecule has 25 heavy (non-hydrogen) atoms. The lowest BCUT2D eigenvalue weighted by atomic mass is 10.2. The van der Waals surface area contributed by atoms with Crippen molar-refractivity contribution in [2.75, 3.05) is 0 Å². The summed E-state index contributed by atoms with van der Waals surface area (Å²) in [6.07, 6.45) is -32.1. The number of alkyl halides is 13. The third-order valence-electron chi connectivity index (χ3n) is 2.34. The lowest BCUT2D eigenvalue weighted by molar-refractivity contribution is -0.527. The fourth-order valence-electron chi connectivity index (χ4n) is 0.952. The summed E-state index contributed by atoms with van der Waals surface area (Å²) in [7, 11) is 0. The fraction of sp³-hybridized carbons (Fsp3) is 1.00. The number of hydrogen-bond donors (Lipinski definition) is 1. The predicted octanol–water partition coefficient (Wildman–Crippen LogP) is 4.36. The van der Waals surface area contributed by atoms with E-state index in [4.69, 9.17) is 5.11 Å². The Balaban J connectivity index is 5.76. The fourth-order valence-corrected chi connectivity index (χ4v) is 0.952. The van der Waals surface area contributed by atoms with Crippen LogP contribution >= 0.6 is 0 Å². The van der Waals surface area contributed by atoms with E-state index in [1.54, 1.807) is 0 Å². The maximum atomic E-state index is 13.0. The first-order valence-electron chi connectivity index (χ1n) is 5.68. The molecule has 1 N–H and O–H groups in total. The minimum atomic E-state index is -7.43. The van der Waals surface area contributed by atoms with Crippen molar-refractivity contribution >= 4 is 0 Å². The smallest absolute Gasteiger partial charge is 0.368 e. The van der Waals surface area contributed by atoms with Gasteiger partial charge in [-0.3, -0.25) is 4.74 Å². The van der Waals surface area contributed by atoms with Gasteiger partial charge in [0.15, 0.2) is 6.29 Å². The van der Waals surface area contributed by atoms with E-state index in [9.17, 15) is 57.1 Å². The second kappa shape index (κ2) is 6.61. The molecule has 0 rings (SSSR count). The first-order chi connectivity index (χ1) is 10.7. The van der Waals surface area contributed by atoms with Crippen LogP contribution in [0.1, 0.15) is 13.3 Å². The molecule has 152 valence electrons. The molecule has 0 spiro atoms. The van der Waals surface area contributed by atoms with Gasteiger partial charge in [0.25, 0.3) is 0 Å². The zero-order valence-corrected chi connectivity index (χ0v) is 11.5. The summed E-state index contributed by atoms with van der Waals surface area (Å²) >= 11 is 0. The number of halogens is 13. The summed E-state index contributed by atoms with van der Waals surface area (Å²) in [6, 6.07) is 0. The molecule has 0 aliphatic rings. The van der Waals surface area contributed by atoms with Gasteiger partial charge < -0.3 is 5.11 Å². The van der Waals surface area contributed by atoms with Crippen molar-refractivity contribution < 1.29 is 71.7 Å². The highest BCUT2D eigenvalue weighted by Crippen LogP contribution is 2.54. The van der Waals surface area contributed by atoms with Crippen LogP contribution in [0.2, 0.25) is 0 Å². The molecule has 0 aromatic rings. The average Bonchev–Trinajstić information content (AvgIpc) is 2.34. The average molecular weight is 410 g/mol. The van der Waals surface area contributed by atoms with Crippen molar-refractivity contribution in [3.63, 3.8) is 0 Å². The number of rotatable bonds is 8. The van der Waals surface area contributed by atoms with Gasteiger partial charge in [-0.15, -0.1) is 0 Å². The van der Waals surface area contributed by atoms with Crippen molar-refractivity contribution in [3.05, 3.63) is 0 Å². The van der Waals surface area contributed by atoms with Gasteiger partial charge >= 0.3 is 36.3 Å². The molecule has 0 aliphatic carbocycles. The molecule has 0 heterocycles. The number of aliphatic hydroxyl groups excluding tert-OH is 1. The van der Waals surface area contributed by atoms with Crippen molar-refractivity contribution in [1.29, 1.82) is 0 Å². The van der Waals surface area contributed by atoms with E-state index >= 15 is 0 Å². The lowest BCUT2D eigenvalue weighted by Gasteiger charge is -2.36. The maximum Gasteiger partial charge on any atom is 0.462 e. The Bertz CT molecular complexity index is 458. The molecule has 0 aliphatic heterocycles. The lowest BCUT2D eigenvalue weighted by Crippen LogP contribution is -2.63. The van der Waals surface area contributed by atoms with Crippen LogP contribution in [-0.2, 0) is 9.47 Å². The van der Waals surface area contributed by atoms with Crippen LogP contribution in [0.25, 0.3) is 0 Å². The van der Waals surface area contributed by atoms with E-state index < -0.39 is 49.1 Å². The normalized spacial score (nSPS) is 16.9. The van der Waals surface area contributed by atoms with E-state index in [1.165, 1.54) is 4.74 Å². The molecule has 0 bridgehead atoms. The Hall–Kier alpha value is -1.03. The largest absolute Gasteiger partial charge is 0.462 e. The van der Waals surface area contributed by atoms with Crippen LogP contribution in [0.5, 0.6) is 0 Å². The molecule has 1 atom stereocenters. The highest BCUT2D eigenvalue weighted by atomic mass is 19.4. The third kappa shape index (κ3) is 4.39. The summed E-state index contributed by atoms with van der Waals surface area (Å²) in [5.74, 6) is -14.6. The van der Waals surface area contributed by atoms with Gasteiger partial charge in [0.2, 0.25) is 0 Å². The van der Waals surface area contributed by atoms with Gasteiger partial charge in [-0.05, 0) is 6.42 Å². The van der Waals surface area contributed by atoms with E-state index in [1.807, 2.05) is 0 Å². The van der Waals surface area contributed by atoms with Crippen LogP contribution in [0, 0.1) is 0 Å². The van der Waals surface area contributed by atoms with E-state index in [0.29, 0.717) is 0 Å². The van der Waals surface area contributed by atoms with Crippen LogP contribution in [-0.4, -0.2) is 47.7 Å². The Morgan fingerprint density at radius 3 is 1.36 bits per heavy atom. The molecule has 0 aromatic carbocycles. The van der Waals surface area contributed by atoms with Crippen LogP contribution in [0.4, 0.5) is 57.1 Å². The highest BCUT2D eigenvalue weighted by molar-refractivity contribution is 4.91. The highest BCUT2D eigenvalue weighted by Gasteiger charge is 2.82. The molecule has 0 amide bonds. The molecule has 3 nitrogen and oxygen atoms in total. The molecule has 0 fully saturated rings. The zero-order valence-electron chi connectivity index (χ0n) is 11.5. The van der Waals surface area contributed by atoms with Gasteiger partial charge in [0.1, 0.15) is 0 Å². The second-order valence-corrected chi connectivity index (χ2v) is 4.28. The monoisotopic (exact) mass is 410 g/mol. The third-order valence-corrected chi connectivity index (χ3v) is 2.34. The summed E-state index contributed by atoms with van der Waals surface area (Å²) in [4.78, 5) is 0. The zero-order chi connectivity index (χ0) is 20.7. The second-order valence-electron chi connectivity index (χ2n) is 4.28. The Kier molecular flexibility index (Phi) is 6.33.